The number of rotatable bonds is 4. The summed E-state index contributed by atoms with van der Waals surface area (Å²) in [7, 11) is 4.42. The smallest absolute Gasteiger partial charge is 0.0441 e. The second kappa shape index (κ2) is 5.98. The fourth-order valence-corrected chi connectivity index (χ4v) is 3.86. The second-order valence-corrected chi connectivity index (χ2v) is 6.34. The van der Waals surface area contributed by atoms with Crippen molar-refractivity contribution < 1.29 is 0 Å². The van der Waals surface area contributed by atoms with Crippen LogP contribution in [0.3, 0.4) is 0 Å². The van der Waals surface area contributed by atoms with Gasteiger partial charge in [0.25, 0.3) is 0 Å². The molecular weight excluding hydrogens is 228 g/mol. The third-order valence-electron chi connectivity index (χ3n) is 3.78. The number of piperidine rings is 1. The standard InChI is InChI=1S/C14H24N2S/c1-11-6-8-17-14(11)13(16(2)3)9-12-5-4-7-15-10-12/h6,8,12-13,15H,4-5,7,9-10H2,1-3H3. The van der Waals surface area contributed by atoms with Gasteiger partial charge in [-0.1, -0.05) is 0 Å². The summed E-state index contributed by atoms with van der Waals surface area (Å²) in [6, 6.07) is 2.84. The van der Waals surface area contributed by atoms with Gasteiger partial charge in [-0.05, 0) is 76.3 Å². The molecule has 2 heterocycles. The fourth-order valence-electron chi connectivity index (χ4n) is 2.72. The molecule has 1 aromatic rings. The van der Waals surface area contributed by atoms with Gasteiger partial charge in [-0.15, -0.1) is 11.3 Å². The van der Waals surface area contributed by atoms with E-state index in [0.717, 1.165) is 5.92 Å². The molecule has 0 aliphatic carbocycles. The summed E-state index contributed by atoms with van der Waals surface area (Å²) in [5.74, 6) is 0.845. The molecule has 0 radical (unpaired) electrons. The van der Waals surface area contributed by atoms with Gasteiger partial charge in [0.2, 0.25) is 0 Å². The minimum Gasteiger partial charge on any atom is -0.316 e. The molecule has 2 rings (SSSR count). The molecule has 96 valence electrons. The highest BCUT2D eigenvalue weighted by Gasteiger charge is 2.23. The third-order valence-corrected chi connectivity index (χ3v) is 4.90. The summed E-state index contributed by atoms with van der Waals surface area (Å²) in [4.78, 5) is 3.94. The fraction of sp³-hybridized carbons (Fsp3) is 0.714. The van der Waals surface area contributed by atoms with E-state index in [0.29, 0.717) is 6.04 Å². The van der Waals surface area contributed by atoms with Crippen LogP contribution in [0.25, 0.3) is 0 Å². The molecule has 2 nitrogen and oxygen atoms in total. The lowest BCUT2D eigenvalue weighted by Crippen LogP contribution is -2.33. The molecule has 3 heteroatoms. The Hall–Kier alpha value is -0.380. The maximum atomic E-state index is 3.52. The number of aryl methyl sites for hydroxylation is 1. The summed E-state index contributed by atoms with van der Waals surface area (Å²) in [5.41, 5.74) is 1.46. The van der Waals surface area contributed by atoms with Gasteiger partial charge < -0.3 is 10.2 Å². The van der Waals surface area contributed by atoms with Crippen LogP contribution >= 0.6 is 11.3 Å². The largest absolute Gasteiger partial charge is 0.316 e. The van der Waals surface area contributed by atoms with Crippen molar-refractivity contribution in [2.45, 2.75) is 32.2 Å². The van der Waals surface area contributed by atoms with Crippen LogP contribution in [0.15, 0.2) is 11.4 Å². The third kappa shape index (κ3) is 3.30. The first-order valence-electron chi connectivity index (χ1n) is 6.59. The van der Waals surface area contributed by atoms with E-state index >= 15 is 0 Å². The SMILES string of the molecule is Cc1ccsc1C(CC1CCCNC1)N(C)C. The van der Waals surface area contributed by atoms with Gasteiger partial charge >= 0.3 is 0 Å². The Labute approximate surface area is 109 Å². The van der Waals surface area contributed by atoms with Gasteiger partial charge in [0.05, 0.1) is 0 Å². The number of thiophene rings is 1. The lowest BCUT2D eigenvalue weighted by molar-refractivity contribution is 0.228. The Bertz CT molecular complexity index is 340. The first kappa shape index (κ1) is 13.1. The second-order valence-electron chi connectivity index (χ2n) is 5.40. The Morgan fingerprint density at radius 1 is 1.53 bits per heavy atom. The van der Waals surface area contributed by atoms with Crippen molar-refractivity contribution in [1.82, 2.24) is 10.2 Å². The van der Waals surface area contributed by atoms with Crippen LogP contribution < -0.4 is 5.32 Å². The van der Waals surface area contributed by atoms with Gasteiger partial charge in [-0.2, -0.15) is 0 Å². The zero-order valence-corrected chi connectivity index (χ0v) is 12.0. The first-order chi connectivity index (χ1) is 8.18. The molecule has 1 saturated heterocycles. The molecule has 1 aliphatic rings. The average molecular weight is 252 g/mol. The minimum absolute atomic E-state index is 0.597. The highest BCUT2D eigenvalue weighted by Crippen LogP contribution is 2.33. The molecule has 0 spiro atoms. The molecule has 0 saturated carbocycles. The highest BCUT2D eigenvalue weighted by molar-refractivity contribution is 7.10. The summed E-state index contributed by atoms with van der Waals surface area (Å²) in [6.45, 7) is 4.65. The first-order valence-corrected chi connectivity index (χ1v) is 7.47. The van der Waals surface area contributed by atoms with E-state index < -0.39 is 0 Å². The predicted molar refractivity (Wildman–Crippen MR) is 75.7 cm³/mol. The number of hydrogen-bond donors (Lipinski definition) is 1. The molecule has 1 N–H and O–H groups in total. The van der Waals surface area contributed by atoms with E-state index in [1.807, 2.05) is 11.3 Å². The maximum absolute atomic E-state index is 3.52. The van der Waals surface area contributed by atoms with E-state index in [1.165, 1.54) is 37.9 Å². The normalized spacial score (nSPS) is 22.9. The van der Waals surface area contributed by atoms with Gasteiger partial charge in [0, 0.05) is 10.9 Å². The Kier molecular flexibility index (Phi) is 4.60. The van der Waals surface area contributed by atoms with Crippen LogP contribution in [0.1, 0.15) is 35.7 Å². The van der Waals surface area contributed by atoms with E-state index in [2.05, 4.69) is 42.7 Å². The van der Waals surface area contributed by atoms with Crippen molar-refractivity contribution in [2.24, 2.45) is 5.92 Å². The predicted octanol–water partition coefficient (Wildman–Crippen LogP) is 3.05. The van der Waals surface area contributed by atoms with Crippen LogP contribution in [-0.2, 0) is 0 Å². The Morgan fingerprint density at radius 2 is 2.35 bits per heavy atom. The van der Waals surface area contributed by atoms with Gasteiger partial charge in [-0.25, -0.2) is 0 Å². The summed E-state index contributed by atoms with van der Waals surface area (Å²) in [6.07, 6.45) is 4.03. The molecule has 1 fully saturated rings. The van der Waals surface area contributed by atoms with Crippen molar-refractivity contribution in [2.75, 3.05) is 27.2 Å². The summed E-state index contributed by atoms with van der Waals surface area (Å²) < 4.78 is 0. The monoisotopic (exact) mass is 252 g/mol. The van der Waals surface area contributed by atoms with Crippen molar-refractivity contribution in [3.63, 3.8) is 0 Å². The Morgan fingerprint density at radius 3 is 2.88 bits per heavy atom. The number of hydrogen-bond acceptors (Lipinski definition) is 3. The van der Waals surface area contributed by atoms with Crippen molar-refractivity contribution in [3.05, 3.63) is 21.9 Å². The zero-order valence-electron chi connectivity index (χ0n) is 11.2. The topological polar surface area (TPSA) is 15.3 Å². The van der Waals surface area contributed by atoms with Crippen molar-refractivity contribution in [3.8, 4) is 0 Å². The number of nitrogens with one attached hydrogen (secondary N) is 1. The molecule has 17 heavy (non-hydrogen) atoms. The van der Waals surface area contributed by atoms with Gasteiger partial charge in [-0.3, -0.25) is 0 Å². The van der Waals surface area contributed by atoms with Gasteiger partial charge in [0.15, 0.2) is 0 Å². The van der Waals surface area contributed by atoms with Crippen LogP contribution in [0.4, 0.5) is 0 Å². The van der Waals surface area contributed by atoms with Crippen LogP contribution in [0.5, 0.6) is 0 Å². The molecular formula is C14H24N2S. The van der Waals surface area contributed by atoms with E-state index in [4.69, 9.17) is 0 Å². The van der Waals surface area contributed by atoms with E-state index in [9.17, 15) is 0 Å². The summed E-state index contributed by atoms with van der Waals surface area (Å²) >= 11 is 1.91. The summed E-state index contributed by atoms with van der Waals surface area (Å²) in [5, 5.41) is 5.75. The molecule has 0 aromatic carbocycles. The maximum Gasteiger partial charge on any atom is 0.0441 e. The van der Waals surface area contributed by atoms with Crippen molar-refractivity contribution >= 4 is 11.3 Å². The van der Waals surface area contributed by atoms with Crippen LogP contribution in [0, 0.1) is 12.8 Å². The molecule has 1 aromatic heterocycles. The minimum atomic E-state index is 0.597. The zero-order chi connectivity index (χ0) is 12.3. The molecule has 1 aliphatic heterocycles. The van der Waals surface area contributed by atoms with E-state index in [1.54, 1.807) is 4.88 Å². The highest BCUT2D eigenvalue weighted by atomic mass is 32.1. The average Bonchev–Trinajstić information content (AvgIpc) is 2.73. The molecule has 0 bridgehead atoms. The van der Waals surface area contributed by atoms with Crippen LogP contribution in [0.2, 0.25) is 0 Å². The van der Waals surface area contributed by atoms with Gasteiger partial charge in [0.1, 0.15) is 0 Å². The lowest BCUT2D eigenvalue weighted by atomic mass is 9.91. The van der Waals surface area contributed by atoms with Crippen molar-refractivity contribution in [1.29, 1.82) is 0 Å². The lowest BCUT2D eigenvalue weighted by Gasteiger charge is -2.31. The molecule has 2 atom stereocenters. The van der Waals surface area contributed by atoms with E-state index in [-0.39, 0.29) is 0 Å². The quantitative estimate of drug-likeness (QED) is 0.886. The number of nitrogens with zero attached hydrogens (tertiary/aromatic N) is 1. The van der Waals surface area contributed by atoms with Crippen LogP contribution in [-0.4, -0.2) is 32.1 Å². The molecule has 0 amide bonds. The molecule has 2 unspecified atom stereocenters. The Balaban J connectivity index is 2.05.